The summed E-state index contributed by atoms with van der Waals surface area (Å²) in [6.07, 6.45) is 0. The predicted molar refractivity (Wildman–Crippen MR) is 217 cm³/mol. The van der Waals surface area contributed by atoms with Crippen LogP contribution in [0.5, 0.6) is 0 Å². The third kappa shape index (κ3) is 7.16. The maximum absolute atomic E-state index is 7.72. The smallest absolute Gasteiger partial charge is 0.0887 e. The molecular weight excluding hydrogens is 636 g/mol. The van der Waals surface area contributed by atoms with Gasteiger partial charge < -0.3 is 9.80 Å². The van der Waals surface area contributed by atoms with Crippen LogP contribution in [0.2, 0.25) is 5.02 Å². The highest BCUT2D eigenvalue weighted by atomic mass is 35.5. The maximum atomic E-state index is 7.72. The molecule has 6 rings (SSSR count). The lowest BCUT2D eigenvalue weighted by Gasteiger charge is -2.32. The molecule has 0 amide bonds. The van der Waals surface area contributed by atoms with E-state index in [-0.39, 0.29) is 16.2 Å². The number of hydrogen-bond donors (Lipinski definition) is 0. The summed E-state index contributed by atoms with van der Waals surface area (Å²) in [5, 5.41) is 4.21. The van der Waals surface area contributed by atoms with Crippen molar-refractivity contribution in [2.45, 2.75) is 85.5 Å². The zero-order chi connectivity index (χ0) is 35.3. The van der Waals surface area contributed by atoms with Crippen LogP contribution in [0.3, 0.4) is 0 Å². The van der Waals surface area contributed by atoms with Crippen molar-refractivity contribution < 1.29 is 0 Å². The fraction of sp³-hybridized carbons (Fsp3) is 0.289. The molecular formula is C45H49ClN2S. The van der Waals surface area contributed by atoms with Gasteiger partial charge in [0.15, 0.2) is 0 Å². The lowest BCUT2D eigenvalue weighted by molar-refractivity contribution is 0.590. The van der Waals surface area contributed by atoms with E-state index in [0.717, 1.165) is 39.7 Å². The molecule has 0 bridgehead atoms. The van der Waals surface area contributed by atoms with Crippen LogP contribution < -0.4 is 9.80 Å². The molecule has 0 radical (unpaired) electrons. The van der Waals surface area contributed by atoms with Crippen molar-refractivity contribution in [3.8, 4) is 0 Å². The third-order valence-corrected chi connectivity index (χ3v) is 10.7. The Kier molecular flexibility index (Phi) is 9.24. The number of halogens is 1. The molecule has 0 unspecified atom stereocenters. The maximum Gasteiger partial charge on any atom is 0.0887 e. The van der Waals surface area contributed by atoms with Gasteiger partial charge in [-0.25, -0.2) is 0 Å². The molecule has 2 nitrogen and oxygen atoms in total. The van der Waals surface area contributed by atoms with Crippen LogP contribution in [0.15, 0.2) is 115 Å². The first-order chi connectivity index (χ1) is 23.0. The van der Waals surface area contributed by atoms with E-state index in [4.69, 9.17) is 11.6 Å². The summed E-state index contributed by atoms with van der Waals surface area (Å²) in [4.78, 5) is 4.65. The highest BCUT2D eigenvalue weighted by Crippen LogP contribution is 2.50. The van der Waals surface area contributed by atoms with E-state index in [1.165, 1.54) is 26.8 Å². The van der Waals surface area contributed by atoms with Gasteiger partial charge in [0.05, 0.1) is 22.1 Å². The Labute approximate surface area is 303 Å². The zero-order valence-electron chi connectivity index (χ0n) is 30.7. The average molecular weight is 685 g/mol. The highest BCUT2D eigenvalue weighted by Gasteiger charge is 2.26. The molecule has 252 valence electrons. The van der Waals surface area contributed by atoms with Gasteiger partial charge in [-0.3, -0.25) is 0 Å². The molecule has 1 heterocycles. The fourth-order valence-electron chi connectivity index (χ4n) is 6.34. The summed E-state index contributed by atoms with van der Waals surface area (Å²) in [5.41, 5.74) is 11.4. The second-order valence-electron chi connectivity index (χ2n) is 16.3. The molecule has 6 aromatic rings. The number of anilines is 6. The molecule has 5 aromatic carbocycles. The Morgan fingerprint density at radius 2 is 0.939 bits per heavy atom. The van der Waals surface area contributed by atoms with Crippen molar-refractivity contribution in [2.24, 2.45) is 0 Å². The van der Waals surface area contributed by atoms with E-state index < -0.39 is 0 Å². The molecule has 0 aliphatic rings. The highest BCUT2D eigenvalue weighted by molar-refractivity contribution is 7.17. The van der Waals surface area contributed by atoms with Crippen LogP contribution in [-0.4, -0.2) is 0 Å². The topological polar surface area (TPSA) is 6.48 Å². The van der Waals surface area contributed by atoms with E-state index in [1.807, 2.05) is 0 Å². The van der Waals surface area contributed by atoms with Crippen LogP contribution in [0.4, 0.5) is 34.1 Å². The van der Waals surface area contributed by atoms with Crippen molar-refractivity contribution in [1.29, 1.82) is 0 Å². The van der Waals surface area contributed by atoms with Gasteiger partial charge in [-0.05, 0) is 106 Å². The lowest BCUT2D eigenvalue weighted by atomic mass is 9.86. The Bertz CT molecular complexity index is 2070. The molecule has 0 aliphatic heterocycles. The standard InChI is InChI=1S/C45H49ClN2S/c1-30-26-38(47(34-14-12-11-13-15-34)35-21-16-31(17-22-35)43(2,3)4)42(46)39(27-30)48(36-23-18-32(19-24-36)44(5,6)7)40-29-49-41-25-20-33(28-37(40)41)45(8,9)10/h11-29H,1-10H3. The first-order valence-corrected chi connectivity index (χ1v) is 18.5. The molecule has 0 aliphatic carbocycles. The van der Waals surface area contributed by atoms with Gasteiger partial charge in [0, 0.05) is 32.5 Å². The van der Waals surface area contributed by atoms with Gasteiger partial charge >= 0.3 is 0 Å². The number of rotatable bonds is 6. The minimum atomic E-state index is 0.0272. The summed E-state index contributed by atoms with van der Waals surface area (Å²) >= 11 is 9.50. The summed E-state index contributed by atoms with van der Waals surface area (Å²) in [7, 11) is 0. The Morgan fingerprint density at radius 3 is 1.45 bits per heavy atom. The quantitative estimate of drug-likeness (QED) is 0.172. The molecule has 0 fully saturated rings. The predicted octanol–water partition coefficient (Wildman–Crippen LogP) is 14.7. The number of thiophene rings is 1. The summed E-state index contributed by atoms with van der Waals surface area (Å²) in [6.45, 7) is 22.5. The largest absolute Gasteiger partial charge is 0.309 e. The van der Waals surface area contributed by atoms with Crippen LogP contribution >= 0.6 is 22.9 Å². The second-order valence-corrected chi connectivity index (χ2v) is 17.6. The van der Waals surface area contributed by atoms with E-state index in [9.17, 15) is 0 Å². The zero-order valence-corrected chi connectivity index (χ0v) is 32.2. The molecule has 0 saturated heterocycles. The van der Waals surface area contributed by atoms with Gasteiger partial charge in [-0.15, -0.1) is 11.3 Å². The van der Waals surface area contributed by atoms with Crippen LogP contribution in [0, 0.1) is 6.92 Å². The minimum Gasteiger partial charge on any atom is -0.309 e. The lowest BCUT2D eigenvalue weighted by Crippen LogP contribution is -2.16. The van der Waals surface area contributed by atoms with Crippen molar-refractivity contribution in [3.63, 3.8) is 0 Å². The van der Waals surface area contributed by atoms with Crippen molar-refractivity contribution in [2.75, 3.05) is 9.80 Å². The van der Waals surface area contributed by atoms with Crippen molar-refractivity contribution in [3.05, 3.63) is 142 Å². The van der Waals surface area contributed by atoms with Gasteiger partial charge in [0.1, 0.15) is 0 Å². The number of fused-ring (bicyclic) bond motifs is 1. The SMILES string of the molecule is Cc1cc(N(c2ccccc2)c2ccc(C(C)(C)C)cc2)c(Cl)c(N(c2ccc(C(C)(C)C)cc2)c2csc3ccc(C(C)(C)C)cc23)c1. The second kappa shape index (κ2) is 13.0. The molecule has 0 N–H and O–H groups in total. The molecule has 1 aromatic heterocycles. The number of benzene rings is 5. The monoisotopic (exact) mass is 684 g/mol. The number of para-hydroxylation sites is 1. The molecule has 0 saturated carbocycles. The Morgan fingerprint density at radius 1 is 0.490 bits per heavy atom. The Balaban J connectivity index is 1.60. The average Bonchev–Trinajstić information content (AvgIpc) is 3.46. The van der Waals surface area contributed by atoms with E-state index in [0.29, 0.717) is 5.02 Å². The van der Waals surface area contributed by atoms with Gasteiger partial charge in [-0.2, -0.15) is 0 Å². The molecule has 49 heavy (non-hydrogen) atoms. The van der Waals surface area contributed by atoms with E-state index >= 15 is 0 Å². The molecule has 0 spiro atoms. The van der Waals surface area contributed by atoms with Gasteiger partial charge in [-0.1, -0.05) is 122 Å². The van der Waals surface area contributed by atoms with Crippen molar-refractivity contribution in [1.82, 2.24) is 0 Å². The van der Waals surface area contributed by atoms with E-state index in [1.54, 1.807) is 11.3 Å². The van der Waals surface area contributed by atoms with Crippen LogP contribution in [0.25, 0.3) is 10.1 Å². The minimum absolute atomic E-state index is 0.0272. The Hall–Kier alpha value is -4.05. The normalized spacial score (nSPS) is 12.4. The summed E-state index contributed by atoms with van der Waals surface area (Å²) in [5.74, 6) is 0. The van der Waals surface area contributed by atoms with Gasteiger partial charge in [0.2, 0.25) is 0 Å². The first-order valence-electron chi connectivity index (χ1n) is 17.2. The third-order valence-electron chi connectivity index (χ3n) is 9.32. The number of aryl methyl sites for hydroxylation is 1. The fourth-order valence-corrected chi connectivity index (χ4v) is 7.53. The summed E-state index contributed by atoms with van der Waals surface area (Å²) in [6, 6.07) is 39.8. The van der Waals surface area contributed by atoms with Crippen LogP contribution in [0.1, 0.15) is 84.6 Å². The summed E-state index contributed by atoms with van der Waals surface area (Å²) < 4.78 is 1.26. The van der Waals surface area contributed by atoms with Crippen molar-refractivity contribution >= 4 is 67.1 Å². The van der Waals surface area contributed by atoms with E-state index in [2.05, 4.69) is 194 Å². The molecule has 0 atom stereocenters. The molecule has 4 heteroatoms. The number of nitrogens with zero attached hydrogens (tertiary/aromatic N) is 2. The first kappa shape index (κ1) is 34.8. The van der Waals surface area contributed by atoms with Crippen LogP contribution in [-0.2, 0) is 16.2 Å². The number of hydrogen-bond acceptors (Lipinski definition) is 3. The van der Waals surface area contributed by atoms with Gasteiger partial charge in [0.25, 0.3) is 0 Å².